The zero-order chi connectivity index (χ0) is 38.2. The molecule has 51 heavy (non-hydrogen) atoms. The molecular formula is C38H42N2O9S2. The number of benzene rings is 3. The van der Waals surface area contributed by atoms with Crippen molar-refractivity contribution in [3.8, 4) is 11.5 Å². The smallest absolute Gasteiger partial charge is 0.425 e. The minimum Gasteiger partial charge on any atom is -0.545 e. The summed E-state index contributed by atoms with van der Waals surface area (Å²) in [6, 6.07) is 13.3. The van der Waals surface area contributed by atoms with Gasteiger partial charge in [-0.25, -0.2) is 4.58 Å². The van der Waals surface area contributed by atoms with Crippen LogP contribution >= 0.6 is 0 Å². The van der Waals surface area contributed by atoms with Gasteiger partial charge in [-0.2, -0.15) is 8.42 Å². The molecule has 0 atom stereocenters. The highest BCUT2D eigenvalue weighted by Crippen LogP contribution is 2.46. The Hall–Kier alpha value is -4.59. The molecule has 3 heterocycles. The Labute approximate surface area is 299 Å². The zero-order valence-electron chi connectivity index (χ0n) is 30.3. The van der Waals surface area contributed by atoms with Gasteiger partial charge in [0.2, 0.25) is 5.36 Å². The molecule has 0 fully saturated rings. The predicted molar refractivity (Wildman–Crippen MR) is 195 cm³/mol. The summed E-state index contributed by atoms with van der Waals surface area (Å²) >= 11 is 0. The minimum absolute atomic E-state index is 0.0548. The third-order valence-corrected chi connectivity index (χ3v) is 10.7. The van der Waals surface area contributed by atoms with Crippen molar-refractivity contribution in [2.45, 2.75) is 71.9 Å². The molecule has 3 aromatic rings. The van der Waals surface area contributed by atoms with Gasteiger partial charge in [-0.3, -0.25) is 4.55 Å². The number of rotatable bonds is 4. The molecule has 3 aliphatic rings. The summed E-state index contributed by atoms with van der Waals surface area (Å²) in [7, 11) is -3.50. The molecule has 0 bridgehead atoms. The van der Waals surface area contributed by atoms with Crippen LogP contribution in [0.15, 0.2) is 54.6 Å². The molecule has 0 aromatic heterocycles. The van der Waals surface area contributed by atoms with E-state index in [4.69, 9.17) is 17.4 Å². The molecule has 0 aliphatic carbocycles. The average molecular weight is 735 g/mol. The van der Waals surface area contributed by atoms with Gasteiger partial charge < -0.3 is 19.5 Å². The SMILES string of the molecule is CC1=CC(C)(C)N(C)c2cc3c(cc21)C(c1ccc(C(C)(C)C)cc1C(=O)[O-])=c1cc2c(cc1O3)=[N+](C)C(C)(C)C=C2CS(=O)(=O)O.O=S(=O)=O. The van der Waals surface area contributed by atoms with Gasteiger partial charge in [-0.15, -0.1) is 12.6 Å². The molecule has 0 unspecified atom stereocenters. The number of carbonyl (C=O) groups excluding carboxylic acids is 1. The van der Waals surface area contributed by atoms with E-state index in [0.717, 1.165) is 27.7 Å². The first-order valence-electron chi connectivity index (χ1n) is 16.2. The van der Waals surface area contributed by atoms with Crippen LogP contribution in [0.3, 0.4) is 0 Å². The van der Waals surface area contributed by atoms with E-state index in [0.29, 0.717) is 44.6 Å². The molecule has 13 heteroatoms. The van der Waals surface area contributed by atoms with Crippen molar-refractivity contribution in [2.75, 3.05) is 24.7 Å². The van der Waals surface area contributed by atoms with Crippen LogP contribution in [-0.2, 0) is 26.1 Å². The lowest BCUT2D eigenvalue weighted by atomic mass is 9.81. The molecule has 1 N–H and O–H groups in total. The standard InChI is InChI=1S/C38H42N2O6S.O3S/c1-21-18-37(5,6)39(9)30-16-32-28(14-25(21)30)34(24-12-11-23(36(2,3)4)13-27(24)35(41)42)29-15-26-22(20-47(43,44)45)19-38(7,8)40(10)31(26)17-33(29)46-32;1-4(2)3/h11-19H,20H2,1-10H3,(H-,41,42,43,44,45);. The van der Waals surface area contributed by atoms with Crippen LogP contribution < -0.4 is 29.9 Å². The van der Waals surface area contributed by atoms with Gasteiger partial charge in [0.15, 0.2) is 5.54 Å². The Morgan fingerprint density at radius 1 is 0.941 bits per heavy atom. The number of ether oxygens (including phenoxy) is 1. The fraction of sp³-hybridized carbons (Fsp3) is 0.368. The summed E-state index contributed by atoms with van der Waals surface area (Å²) < 4.78 is 68.4. The molecule has 0 saturated heterocycles. The van der Waals surface area contributed by atoms with Crippen molar-refractivity contribution in [1.82, 2.24) is 4.58 Å². The van der Waals surface area contributed by atoms with Gasteiger partial charge >= 0.3 is 10.6 Å². The van der Waals surface area contributed by atoms with E-state index in [2.05, 4.69) is 37.8 Å². The van der Waals surface area contributed by atoms with E-state index in [1.807, 2.05) is 89.7 Å². The fourth-order valence-corrected chi connectivity index (χ4v) is 7.65. The third-order valence-electron chi connectivity index (χ3n) is 9.99. The highest BCUT2D eigenvalue weighted by atomic mass is 32.2. The van der Waals surface area contributed by atoms with Crippen LogP contribution in [0, 0.1) is 0 Å². The first-order chi connectivity index (χ1) is 23.3. The lowest BCUT2D eigenvalue weighted by molar-refractivity contribution is -0.255. The summed E-state index contributed by atoms with van der Waals surface area (Å²) in [5.74, 6) is -0.766. The second-order valence-corrected chi connectivity index (χ2v) is 17.2. The Morgan fingerprint density at radius 2 is 1.57 bits per heavy atom. The van der Waals surface area contributed by atoms with Crippen LogP contribution in [0.4, 0.5) is 5.69 Å². The number of carboxylic acids is 1. The summed E-state index contributed by atoms with van der Waals surface area (Å²) in [5, 5.41) is 14.2. The van der Waals surface area contributed by atoms with Crippen molar-refractivity contribution >= 4 is 49.1 Å². The molecule has 11 nitrogen and oxygen atoms in total. The Bertz CT molecular complexity index is 2450. The molecule has 6 rings (SSSR count). The topological polar surface area (TPSA) is 161 Å². The largest absolute Gasteiger partial charge is 0.545 e. The maximum Gasteiger partial charge on any atom is 0.425 e. The van der Waals surface area contributed by atoms with E-state index in [1.54, 1.807) is 6.07 Å². The van der Waals surface area contributed by atoms with Crippen LogP contribution in [0.2, 0.25) is 0 Å². The number of aromatic carboxylic acids is 1. The van der Waals surface area contributed by atoms with Gasteiger partial charge in [0.05, 0.1) is 23.1 Å². The number of carbonyl (C=O) groups is 1. The maximum atomic E-state index is 12.8. The van der Waals surface area contributed by atoms with Crippen molar-refractivity contribution in [3.05, 3.63) is 98.6 Å². The average Bonchev–Trinajstić information content (AvgIpc) is 2.98. The number of anilines is 1. The number of carboxylic acid groups (broad SMARTS) is 1. The highest BCUT2D eigenvalue weighted by Gasteiger charge is 2.36. The monoisotopic (exact) mass is 734 g/mol. The molecular weight excluding hydrogens is 693 g/mol. The van der Waals surface area contributed by atoms with E-state index < -0.39 is 38.0 Å². The van der Waals surface area contributed by atoms with Crippen molar-refractivity contribution in [1.29, 1.82) is 0 Å². The first-order valence-corrected chi connectivity index (χ1v) is 18.8. The molecule has 270 valence electrons. The normalized spacial score (nSPS) is 17.0. The summed E-state index contributed by atoms with van der Waals surface area (Å²) in [5.41, 5.74) is 5.79. The summed E-state index contributed by atoms with van der Waals surface area (Å²) in [6.45, 7) is 16.4. The van der Waals surface area contributed by atoms with Crippen molar-refractivity contribution in [2.24, 2.45) is 0 Å². The third kappa shape index (κ3) is 7.15. The molecule has 0 saturated carbocycles. The Morgan fingerprint density at radius 3 is 2.14 bits per heavy atom. The number of nitrogens with zero attached hydrogens (tertiary/aromatic N) is 2. The molecule has 3 aliphatic heterocycles. The van der Waals surface area contributed by atoms with E-state index in [9.17, 15) is 22.9 Å². The Balaban J connectivity index is 0.00000120. The predicted octanol–water partition coefficient (Wildman–Crippen LogP) is 3.51. The molecule has 3 aromatic carbocycles. The van der Waals surface area contributed by atoms with Crippen molar-refractivity contribution in [3.63, 3.8) is 0 Å². The second kappa shape index (κ2) is 12.6. The van der Waals surface area contributed by atoms with Crippen LogP contribution in [0.1, 0.15) is 93.6 Å². The number of likely N-dealkylation sites (N-methyl/N-ethyl adjacent to an activating group) is 2. The van der Waals surface area contributed by atoms with Crippen LogP contribution in [0.5, 0.6) is 11.5 Å². The fourth-order valence-electron chi connectivity index (χ4n) is 7.02. The van der Waals surface area contributed by atoms with Crippen molar-refractivity contribution < 1.29 is 40.2 Å². The van der Waals surface area contributed by atoms with Gasteiger partial charge in [0.25, 0.3) is 10.1 Å². The van der Waals surface area contributed by atoms with Crippen LogP contribution in [0.25, 0.3) is 16.7 Å². The van der Waals surface area contributed by atoms with Gasteiger partial charge in [0.1, 0.15) is 24.3 Å². The van der Waals surface area contributed by atoms with Gasteiger partial charge in [-0.1, -0.05) is 39.0 Å². The summed E-state index contributed by atoms with van der Waals surface area (Å²) in [6.07, 6.45) is 4.06. The van der Waals surface area contributed by atoms with E-state index in [1.165, 1.54) is 0 Å². The van der Waals surface area contributed by atoms with Crippen LogP contribution in [-0.4, -0.2) is 62.5 Å². The second-order valence-electron chi connectivity index (χ2n) is 15.4. The molecule has 0 spiro atoms. The lowest BCUT2D eigenvalue weighted by Crippen LogP contribution is -2.47. The number of fused-ring (bicyclic) bond motifs is 4. The van der Waals surface area contributed by atoms with Gasteiger partial charge in [-0.05, 0) is 72.7 Å². The van der Waals surface area contributed by atoms with E-state index in [-0.39, 0.29) is 16.5 Å². The quantitative estimate of drug-likeness (QED) is 0.243. The lowest BCUT2D eigenvalue weighted by Gasteiger charge is -2.41. The van der Waals surface area contributed by atoms with E-state index >= 15 is 0 Å². The maximum absolute atomic E-state index is 12.8. The minimum atomic E-state index is -4.36. The zero-order valence-corrected chi connectivity index (χ0v) is 32.0. The Kier molecular flexibility index (Phi) is 9.28. The first kappa shape index (κ1) is 37.7. The molecule has 0 radical (unpaired) electrons. The summed E-state index contributed by atoms with van der Waals surface area (Å²) in [4.78, 5) is 15.0. The number of hydrogen-bond acceptors (Lipinski definition) is 9. The number of allylic oxidation sites excluding steroid dienone is 1. The van der Waals surface area contributed by atoms with Gasteiger partial charge in [0, 0.05) is 60.1 Å². The highest BCUT2D eigenvalue weighted by molar-refractivity contribution is 7.86. The number of hydrogen-bond donors (Lipinski definition) is 1. The molecule has 0 amide bonds.